The summed E-state index contributed by atoms with van der Waals surface area (Å²) in [5.74, 6) is 0.125. The average molecular weight is 274 g/mol. The van der Waals surface area contributed by atoms with Gasteiger partial charge in [-0.1, -0.05) is 26.0 Å². The molecular weight excluding hydrogens is 248 g/mol. The summed E-state index contributed by atoms with van der Waals surface area (Å²) in [6.45, 7) is 4.64. The first-order valence-electron chi connectivity index (χ1n) is 7.48. The van der Waals surface area contributed by atoms with Crippen LogP contribution in [-0.4, -0.2) is 30.9 Å². The smallest absolute Gasteiger partial charge is 0.255 e. The molecule has 0 atom stereocenters. The Bertz CT molecular complexity index is 472. The Morgan fingerprint density at radius 2 is 1.85 bits per heavy atom. The second-order valence-corrected chi connectivity index (χ2v) is 6.61. The lowest BCUT2D eigenvalue weighted by molar-refractivity contribution is 0.0636. The Morgan fingerprint density at radius 3 is 2.45 bits per heavy atom. The SMILES string of the molecule is CNc1ccccc1C(=O)N(C)C1CCC(C)(C)CC1. The molecule has 0 aromatic heterocycles. The van der Waals surface area contributed by atoms with Crippen molar-refractivity contribution >= 4 is 11.6 Å². The van der Waals surface area contributed by atoms with Gasteiger partial charge in [-0.25, -0.2) is 0 Å². The van der Waals surface area contributed by atoms with Gasteiger partial charge in [-0.15, -0.1) is 0 Å². The largest absolute Gasteiger partial charge is 0.387 e. The molecule has 0 radical (unpaired) electrons. The van der Waals surface area contributed by atoms with Gasteiger partial charge in [-0.3, -0.25) is 4.79 Å². The molecule has 1 saturated carbocycles. The Morgan fingerprint density at radius 1 is 1.25 bits per heavy atom. The van der Waals surface area contributed by atoms with Gasteiger partial charge in [0.05, 0.1) is 5.56 Å². The first-order valence-corrected chi connectivity index (χ1v) is 7.48. The number of para-hydroxylation sites is 1. The van der Waals surface area contributed by atoms with Crippen molar-refractivity contribution in [1.29, 1.82) is 0 Å². The van der Waals surface area contributed by atoms with E-state index in [1.165, 1.54) is 12.8 Å². The molecule has 1 N–H and O–H groups in total. The van der Waals surface area contributed by atoms with Crippen LogP contribution in [-0.2, 0) is 0 Å². The number of carbonyl (C=O) groups is 1. The van der Waals surface area contributed by atoms with E-state index in [-0.39, 0.29) is 5.91 Å². The van der Waals surface area contributed by atoms with Crippen LogP contribution in [0.3, 0.4) is 0 Å². The lowest BCUT2D eigenvalue weighted by Gasteiger charge is -2.38. The molecule has 1 aromatic carbocycles. The minimum atomic E-state index is 0.125. The highest BCUT2D eigenvalue weighted by atomic mass is 16.2. The van der Waals surface area contributed by atoms with Crippen LogP contribution in [0.5, 0.6) is 0 Å². The van der Waals surface area contributed by atoms with Gasteiger partial charge >= 0.3 is 0 Å². The first-order chi connectivity index (χ1) is 9.44. The molecule has 0 saturated heterocycles. The van der Waals surface area contributed by atoms with Crippen LogP contribution in [0, 0.1) is 5.41 Å². The predicted octanol–water partition coefficient (Wildman–Crippen LogP) is 3.77. The van der Waals surface area contributed by atoms with Crippen LogP contribution in [0.4, 0.5) is 5.69 Å². The van der Waals surface area contributed by atoms with Gasteiger partial charge in [0.15, 0.2) is 0 Å². The number of benzene rings is 1. The number of rotatable bonds is 3. The Balaban J connectivity index is 2.09. The Hall–Kier alpha value is -1.51. The highest BCUT2D eigenvalue weighted by molar-refractivity contribution is 5.99. The quantitative estimate of drug-likeness (QED) is 0.910. The van der Waals surface area contributed by atoms with E-state index >= 15 is 0 Å². The predicted molar refractivity (Wildman–Crippen MR) is 84.1 cm³/mol. The number of hydrogen-bond donors (Lipinski definition) is 1. The Labute approximate surface area is 122 Å². The maximum atomic E-state index is 12.7. The fourth-order valence-electron chi connectivity index (χ4n) is 3.01. The van der Waals surface area contributed by atoms with Crippen LogP contribution < -0.4 is 5.32 Å². The zero-order chi connectivity index (χ0) is 14.8. The monoisotopic (exact) mass is 274 g/mol. The van der Waals surface area contributed by atoms with Crippen molar-refractivity contribution in [2.24, 2.45) is 5.41 Å². The molecule has 0 spiro atoms. The van der Waals surface area contributed by atoms with Crippen molar-refractivity contribution in [2.75, 3.05) is 19.4 Å². The number of hydrogen-bond acceptors (Lipinski definition) is 2. The summed E-state index contributed by atoms with van der Waals surface area (Å²) < 4.78 is 0. The van der Waals surface area contributed by atoms with Crippen molar-refractivity contribution in [3.8, 4) is 0 Å². The minimum absolute atomic E-state index is 0.125. The van der Waals surface area contributed by atoms with Crippen molar-refractivity contribution in [3.63, 3.8) is 0 Å². The molecule has 1 aromatic rings. The van der Waals surface area contributed by atoms with E-state index in [4.69, 9.17) is 0 Å². The van der Waals surface area contributed by atoms with Gasteiger partial charge in [0.25, 0.3) is 5.91 Å². The molecule has 0 unspecified atom stereocenters. The van der Waals surface area contributed by atoms with Gasteiger partial charge in [0.1, 0.15) is 0 Å². The minimum Gasteiger partial charge on any atom is -0.387 e. The number of carbonyl (C=O) groups excluding carboxylic acids is 1. The first kappa shape index (κ1) is 14.9. The standard InChI is InChI=1S/C17H26N2O/c1-17(2)11-9-13(10-12-17)19(4)16(20)14-7-5-6-8-15(14)18-3/h5-8,13,18H,9-12H2,1-4H3. The summed E-state index contributed by atoms with van der Waals surface area (Å²) in [5.41, 5.74) is 2.10. The van der Waals surface area contributed by atoms with E-state index in [9.17, 15) is 4.79 Å². The van der Waals surface area contributed by atoms with Gasteiger partial charge in [-0.2, -0.15) is 0 Å². The lowest BCUT2D eigenvalue weighted by Crippen LogP contribution is -2.41. The van der Waals surface area contributed by atoms with Crippen molar-refractivity contribution < 1.29 is 4.79 Å². The zero-order valence-corrected chi connectivity index (χ0v) is 13.1. The molecular formula is C17H26N2O. The van der Waals surface area contributed by atoms with E-state index in [2.05, 4.69) is 19.2 Å². The summed E-state index contributed by atoms with van der Waals surface area (Å²) in [6.07, 6.45) is 4.61. The van der Waals surface area contributed by atoms with E-state index in [1.54, 1.807) is 0 Å². The molecule has 1 aliphatic carbocycles. The molecule has 0 bridgehead atoms. The molecule has 0 aliphatic heterocycles. The molecule has 20 heavy (non-hydrogen) atoms. The van der Waals surface area contributed by atoms with Gasteiger partial charge in [0.2, 0.25) is 0 Å². The van der Waals surface area contributed by atoms with E-state index in [0.717, 1.165) is 24.1 Å². The Kier molecular flexibility index (Phi) is 4.36. The van der Waals surface area contributed by atoms with Gasteiger partial charge in [0, 0.05) is 25.8 Å². The fraction of sp³-hybridized carbons (Fsp3) is 0.588. The summed E-state index contributed by atoms with van der Waals surface area (Å²) in [7, 11) is 3.80. The van der Waals surface area contributed by atoms with Crippen molar-refractivity contribution in [2.45, 2.75) is 45.6 Å². The maximum Gasteiger partial charge on any atom is 0.255 e. The molecule has 3 nitrogen and oxygen atoms in total. The summed E-state index contributed by atoms with van der Waals surface area (Å²) in [6, 6.07) is 8.10. The highest BCUT2D eigenvalue weighted by Crippen LogP contribution is 2.37. The molecule has 1 aliphatic rings. The summed E-state index contributed by atoms with van der Waals surface area (Å²) in [5, 5.41) is 3.10. The molecule has 110 valence electrons. The molecule has 0 heterocycles. The van der Waals surface area contributed by atoms with Crippen LogP contribution in [0.25, 0.3) is 0 Å². The van der Waals surface area contributed by atoms with Crippen LogP contribution in [0.1, 0.15) is 49.9 Å². The molecule has 1 amide bonds. The van der Waals surface area contributed by atoms with Gasteiger partial charge in [-0.05, 0) is 43.2 Å². The van der Waals surface area contributed by atoms with Crippen molar-refractivity contribution in [1.82, 2.24) is 4.90 Å². The third-order valence-corrected chi connectivity index (χ3v) is 4.60. The normalized spacial score (nSPS) is 18.6. The second kappa shape index (κ2) is 5.86. The number of amides is 1. The molecule has 3 heteroatoms. The van der Waals surface area contributed by atoms with E-state index < -0.39 is 0 Å². The highest BCUT2D eigenvalue weighted by Gasteiger charge is 2.31. The van der Waals surface area contributed by atoms with Gasteiger partial charge < -0.3 is 10.2 Å². The zero-order valence-electron chi connectivity index (χ0n) is 13.1. The van der Waals surface area contributed by atoms with Crippen LogP contribution in [0.2, 0.25) is 0 Å². The molecule has 2 rings (SSSR count). The fourth-order valence-corrected chi connectivity index (χ4v) is 3.01. The number of anilines is 1. The average Bonchev–Trinajstić information content (AvgIpc) is 2.45. The third kappa shape index (κ3) is 3.14. The van der Waals surface area contributed by atoms with E-state index in [1.807, 2.05) is 43.3 Å². The van der Waals surface area contributed by atoms with Crippen LogP contribution in [0.15, 0.2) is 24.3 Å². The summed E-state index contributed by atoms with van der Waals surface area (Å²) in [4.78, 5) is 14.6. The molecule has 1 fully saturated rings. The van der Waals surface area contributed by atoms with Crippen molar-refractivity contribution in [3.05, 3.63) is 29.8 Å². The topological polar surface area (TPSA) is 32.3 Å². The summed E-state index contributed by atoms with van der Waals surface area (Å²) >= 11 is 0. The maximum absolute atomic E-state index is 12.7. The second-order valence-electron chi connectivity index (χ2n) is 6.61. The lowest BCUT2D eigenvalue weighted by atomic mass is 9.75. The number of nitrogens with one attached hydrogen (secondary N) is 1. The number of nitrogens with zero attached hydrogens (tertiary/aromatic N) is 1. The van der Waals surface area contributed by atoms with E-state index in [0.29, 0.717) is 11.5 Å². The van der Waals surface area contributed by atoms with Crippen LogP contribution >= 0.6 is 0 Å². The third-order valence-electron chi connectivity index (χ3n) is 4.60.